The average molecular weight is 511 g/mol. The van der Waals surface area contributed by atoms with Gasteiger partial charge in [0, 0.05) is 25.0 Å². The average Bonchev–Trinajstić information content (AvgIpc) is 2.98. The second-order valence-electron chi connectivity index (χ2n) is 9.23. The molecule has 2 rings (SSSR count). The highest BCUT2D eigenvalue weighted by Crippen LogP contribution is 2.47. The van der Waals surface area contributed by atoms with Crippen LogP contribution in [0.4, 0.5) is 0 Å². The van der Waals surface area contributed by atoms with Gasteiger partial charge in [-0.1, -0.05) is 51.1 Å². The van der Waals surface area contributed by atoms with Crippen LogP contribution in [0.3, 0.4) is 0 Å². The standard InChI is InChI=1S/C25H39N2O7P/c1-4-23(30)33-25(19(2)3)34-35(32,17-11-9-14-20-12-6-5-7-13-20)26-21-15-8-10-16-27(24(21)31)18-22(28)29/h5-7,12-13,19,21,25H,4,8-11,14-18H2,1-3H3,(H,26,32)(H,28,29)/t21-,25?,35?/m0/s1. The van der Waals surface area contributed by atoms with Crippen LogP contribution in [0.5, 0.6) is 0 Å². The summed E-state index contributed by atoms with van der Waals surface area (Å²) >= 11 is 0. The summed E-state index contributed by atoms with van der Waals surface area (Å²) in [6.07, 6.45) is 3.23. The Morgan fingerprint density at radius 3 is 2.54 bits per heavy atom. The molecule has 196 valence electrons. The topological polar surface area (TPSA) is 122 Å². The first kappa shape index (κ1) is 29.0. The summed E-state index contributed by atoms with van der Waals surface area (Å²) < 4.78 is 25.4. The van der Waals surface area contributed by atoms with Crippen LogP contribution in [-0.2, 0) is 34.6 Å². The quantitative estimate of drug-likeness (QED) is 0.165. The molecule has 0 bridgehead atoms. The monoisotopic (exact) mass is 510 g/mol. The Morgan fingerprint density at radius 2 is 1.91 bits per heavy atom. The second-order valence-corrected chi connectivity index (χ2v) is 11.5. The number of ether oxygens (including phenoxy) is 1. The number of carbonyl (C=O) groups excluding carboxylic acids is 2. The fraction of sp³-hybridized carbons (Fsp3) is 0.640. The van der Waals surface area contributed by atoms with E-state index in [0.29, 0.717) is 32.2 Å². The van der Waals surface area contributed by atoms with Gasteiger partial charge in [-0.05, 0) is 44.1 Å². The summed E-state index contributed by atoms with van der Waals surface area (Å²) in [5, 5.41) is 12.1. The number of carboxylic acids is 1. The van der Waals surface area contributed by atoms with Crippen molar-refractivity contribution in [1.82, 2.24) is 9.99 Å². The zero-order valence-electron chi connectivity index (χ0n) is 21.0. The van der Waals surface area contributed by atoms with Crippen molar-refractivity contribution in [3.05, 3.63) is 35.9 Å². The van der Waals surface area contributed by atoms with Crippen molar-refractivity contribution in [2.75, 3.05) is 19.3 Å². The predicted octanol–water partition coefficient (Wildman–Crippen LogP) is 4.21. The third-order valence-electron chi connectivity index (χ3n) is 5.82. The highest BCUT2D eigenvalue weighted by Gasteiger charge is 2.37. The molecule has 0 spiro atoms. The lowest BCUT2D eigenvalue weighted by molar-refractivity contribution is -0.169. The number of benzene rings is 1. The second kappa shape index (κ2) is 14.4. The predicted molar refractivity (Wildman–Crippen MR) is 133 cm³/mol. The number of amides is 1. The normalized spacial score (nSPS) is 19.1. The number of nitrogens with one attached hydrogen (secondary N) is 1. The number of rotatable bonds is 14. The maximum Gasteiger partial charge on any atom is 0.323 e. The summed E-state index contributed by atoms with van der Waals surface area (Å²) in [5.41, 5.74) is 1.18. The van der Waals surface area contributed by atoms with Gasteiger partial charge in [0.15, 0.2) is 0 Å². The number of unbranched alkanes of at least 4 members (excludes halogenated alkanes) is 1. The lowest BCUT2D eigenvalue weighted by Gasteiger charge is -2.31. The highest BCUT2D eigenvalue weighted by atomic mass is 31.2. The Hall–Kier alpha value is -2.22. The van der Waals surface area contributed by atoms with Crippen LogP contribution >= 0.6 is 7.52 Å². The van der Waals surface area contributed by atoms with Crippen LogP contribution in [0.1, 0.15) is 64.9 Å². The van der Waals surface area contributed by atoms with Crippen molar-refractivity contribution >= 4 is 25.4 Å². The van der Waals surface area contributed by atoms with Gasteiger partial charge in [0.25, 0.3) is 7.52 Å². The van der Waals surface area contributed by atoms with Gasteiger partial charge in [-0.2, -0.15) is 0 Å². The molecule has 9 nitrogen and oxygen atoms in total. The minimum atomic E-state index is -3.63. The molecule has 1 aromatic carbocycles. The van der Waals surface area contributed by atoms with Crippen LogP contribution < -0.4 is 5.09 Å². The molecule has 1 aliphatic heterocycles. The molecule has 2 N–H and O–H groups in total. The fourth-order valence-electron chi connectivity index (χ4n) is 3.88. The maximum atomic E-state index is 14.1. The smallest absolute Gasteiger partial charge is 0.323 e. The molecule has 0 radical (unpaired) electrons. The van der Waals surface area contributed by atoms with E-state index < -0.39 is 44.2 Å². The summed E-state index contributed by atoms with van der Waals surface area (Å²) in [6.45, 7) is 5.22. The minimum Gasteiger partial charge on any atom is -0.480 e. The Morgan fingerprint density at radius 1 is 1.20 bits per heavy atom. The van der Waals surface area contributed by atoms with E-state index in [1.54, 1.807) is 20.8 Å². The largest absolute Gasteiger partial charge is 0.480 e. The molecule has 10 heteroatoms. The van der Waals surface area contributed by atoms with E-state index in [1.807, 2.05) is 30.3 Å². The first-order chi connectivity index (χ1) is 16.6. The molecule has 1 aliphatic rings. The molecule has 2 unspecified atom stereocenters. The molecular formula is C25H39N2O7P. The highest BCUT2D eigenvalue weighted by molar-refractivity contribution is 7.56. The molecule has 3 atom stereocenters. The van der Waals surface area contributed by atoms with Gasteiger partial charge < -0.3 is 14.7 Å². The summed E-state index contributed by atoms with van der Waals surface area (Å²) in [7, 11) is -3.63. The number of hydrogen-bond acceptors (Lipinski definition) is 6. The van der Waals surface area contributed by atoms with E-state index in [-0.39, 0.29) is 18.5 Å². The Balaban J connectivity index is 2.16. The van der Waals surface area contributed by atoms with Crippen LogP contribution in [0.2, 0.25) is 0 Å². The molecule has 0 saturated carbocycles. The Labute approximate surface area is 208 Å². The lowest BCUT2D eigenvalue weighted by Crippen LogP contribution is -2.46. The third kappa shape index (κ3) is 10.1. The lowest BCUT2D eigenvalue weighted by atomic mass is 10.1. The Kier molecular flexibility index (Phi) is 11.9. The molecule has 1 heterocycles. The van der Waals surface area contributed by atoms with Gasteiger partial charge >= 0.3 is 11.9 Å². The first-order valence-electron chi connectivity index (χ1n) is 12.4. The molecular weight excluding hydrogens is 471 g/mol. The first-order valence-corrected chi connectivity index (χ1v) is 14.2. The Bertz CT molecular complexity index is 878. The van der Waals surface area contributed by atoms with Crippen LogP contribution in [-0.4, -0.2) is 59.4 Å². The van der Waals surface area contributed by atoms with Crippen molar-refractivity contribution in [1.29, 1.82) is 0 Å². The van der Waals surface area contributed by atoms with Crippen molar-refractivity contribution in [2.24, 2.45) is 5.92 Å². The summed E-state index contributed by atoms with van der Waals surface area (Å²) in [4.78, 5) is 37.5. The van der Waals surface area contributed by atoms with E-state index in [2.05, 4.69) is 5.09 Å². The molecule has 1 amide bonds. The van der Waals surface area contributed by atoms with E-state index in [4.69, 9.17) is 9.26 Å². The van der Waals surface area contributed by atoms with Gasteiger partial charge in [0.05, 0.1) is 6.04 Å². The third-order valence-corrected chi connectivity index (χ3v) is 7.98. The zero-order valence-corrected chi connectivity index (χ0v) is 21.9. The fourth-order valence-corrected chi connectivity index (χ4v) is 6.16. The summed E-state index contributed by atoms with van der Waals surface area (Å²) in [5.74, 6) is -2.20. The summed E-state index contributed by atoms with van der Waals surface area (Å²) in [6, 6.07) is 9.15. The van der Waals surface area contributed by atoms with E-state index in [9.17, 15) is 24.1 Å². The minimum absolute atomic E-state index is 0.159. The molecule has 1 saturated heterocycles. The van der Waals surface area contributed by atoms with Crippen molar-refractivity contribution < 1.29 is 33.3 Å². The maximum absolute atomic E-state index is 14.1. The van der Waals surface area contributed by atoms with Crippen molar-refractivity contribution in [2.45, 2.75) is 78.0 Å². The number of carboxylic acid groups (broad SMARTS) is 1. The molecule has 35 heavy (non-hydrogen) atoms. The number of esters is 1. The van der Waals surface area contributed by atoms with Gasteiger partial charge in [-0.15, -0.1) is 0 Å². The van der Waals surface area contributed by atoms with Crippen LogP contribution in [0.25, 0.3) is 0 Å². The zero-order chi connectivity index (χ0) is 25.8. The van der Waals surface area contributed by atoms with Gasteiger partial charge in [-0.3, -0.25) is 23.5 Å². The van der Waals surface area contributed by atoms with Crippen molar-refractivity contribution in [3.63, 3.8) is 0 Å². The number of aryl methyl sites for hydroxylation is 1. The van der Waals surface area contributed by atoms with Gasteiger partial charge in [-0.25, -0.2) is 5.09 Å². The van der Waals surface area contributed by atoms with Crippen LogP contribution in [0, 0.1) is 5.92 Å². The molecule has 1 aromatic rings. The van der Waals surface area contributed by atoms with E-state index in [1.165, 1.54) is 10.5 Å². The van der Waals surface area contributed by atoms with Gasteiger partial charge in [0.2, 0.25) is 12.2 Å². The number of hydrogen-bond donors (Lipinski definition) is 2. The number of nitrogens with zero attached hydrogens (tertiary/aromatic N) is 1. The van der Waals surface area contributed by atoms with Gasteiger partial charge in [0.1, 0.15) is 6.54 Å². The molecule has 0 aliphatic carbocycles. The SMILES string of the molecule is CCC(=O)OC(OP(=O)(CCCCc1ccccc1)N[C@H]1CCCCN(CC(=O)O)C1=O)C(C)C. The van der Waals surface area contributed by atoms with Crippen molar-refractivity contribution in [3.8, 4) is 0 Å². The number of carbonyl (C=O) groups is 3. The number of aliphatic carboxylic acids is 1. The molecule has 1 fully saturated rings. The van der Waals surface area contributed by atoms with E-state index in [0.717, 1.165) is 12.8 Å². The van der Waals surface area contributed by atoms with Crippen LogP contribution in [0.15, 0.2) is 30.3 Å². The number of likely N-dealkylation sites (tertiary alicyclic amines) is 1. The molecule has 0 aromatic heterocycles. The van der Waals surface area contributed by atoms with E-state index >= 15 is 0 Å².